The molecule has 0 aliphatic heterocycles. The van der Waals surface area contributed by atoms with Crippen molar-refractivity contribution >= 4 is 44.0 Å². The highest BCUT2D eigenvalue weighted by molar-refractivity contribution is 7.21. The van der Waals surface area contributed by atoms with Crippen molar-refractivity contribution < 1.29 is 0 Å². The number of hydrogen-bond acceptors (Lipinski definition) is 6. The van der Waals surface area contributed by atoms with Gasteiger partial charge >= 0.3 is 0 Å². The Bertz CT molecular complexity index is 1070. The average molecular weight is 376 g/mol. The van der Waals surface area contributed by atoms with Gasteiger partial charge in [-0.2, -0.15) is 0 Å². The fraction of sp³-hybridized carbons (Fsp3) is 0.190. The molecule has 0 radical (unpaired) electrons. The van der Waals surface area contributed by atoms with E-state index in [-0.39, 0.29) is 0 Å². The second-order valence-corrected chi connectivity index (χ2v) is 7.44. The number of aromatic nitrogens is 3. The number of thiazole rings is 1. The molecule has 0 fully saturated rings. The van der Waals surface area contributed by atoms with Crippen LogP contribution in [-0.4, -0.2) is 15.0 Å². The number of fused-ring (bicyclic) bond motifs is 1. The maximum Gasteiger partial charge on any atom is 0.189 e. The summed E-state index contributed by atoms with van der Waals surface area (Å²) in [6.45, 7) is 6.33. The molecule has 6 heteroatoms. The minimum atomic E-state index is 0.718. The lowest BCUT2D eigenvalue weighted by atomic mass is 10.1. The van der Waals surface area contributed by atoms with Gasteiger partial charge in [0.15, 0.2) is 15.8 Å². The molecular formula is C21H21N5S. The van der Waals surface area contributed by atoms with Crippen LogP contribution in [0.1, 0.15) is 23.6 Å². The number of benzene rings is 2. The lowest BCUT2D eigenvalue weighted by Gasteiger charge is -2.09. The lowest BCUT2D eigenvalue weighted by Crippen LogP contribution is -1.97. The Kier molecular flexibility index (Phi) is 4.73. The zero-order valence-corrected chi connectivity index (χ0v) is 16.4. The van der Waals surface area contributed by atoms with E-state index in [1.807, 2.05) is 0 Å². The number of nitrogens with zero attached hydrogens (tertiary/aromatic N) is 3. The first-order valence-corrected chi connectivity index (χ1v) is 9.76. The van der Waals surface area contributed by atoms with E-state index in [9.17, 15) is 0 Å². The van der Waals surface area contributed by atoms with Gasteiger partial charge in [0.2, 0.25) is 0 Å². The van der Waals surface area contributed by atoms with Crippen LogP contribution >= 0.6 is 11.3 Å². The SMILES string of the molecule is CCc1ccc(Nc2ncnc3sc(Nc4c(C)cccc4C)nc23)cc1. The van der Waals surface area contributed by atoms with Crippen LogP contribution in [0.15, 0.2) is 48.8 Å². The molecule has 0 spiro atoms. The predicted octanol–water partition coefficient (Wildman–Crippen LogP) is 5.75. The molecule has 2 aromatic carbocycles. The normalized spacial score (nSPS) is 10.9. The molecule has 27 heavy (non-hydrogen) atoms. The first-order chi connectivity index (χ1) is 13.1. The van der Waals surface area contributed by atoms with Gasteiger partial charge in [0.25, 0.3) is 0 Å². The molecule has 0 saturated heterocycles. The zero-order chi connectivity index (χ0) is 18.8. The number of nitrogens with one attached hydrogen (secondary N) is 2. The summed E-state index contributed by atoms with van der Waals surface area (Å²) >= 11 is 1.53. The van der Waals surface area contributed by atoms with Gasteiger partial charge in [-0.15, -0.1) is 0 Å². The zero-order valence-electron chi connectivity index (χ0n) is 15.6. The molecule has 136 valence electrons. The van der Waals surface area contributed by atoms with Crippen LogP contribution in [0.3, 0.4) is 0 Å². The largest absolute Gasteiger partial charge is 0.338 e. The van der Waals surface area contributed by atoms with Gasteiger partial charge in [0, 0.05) is 11.4 Å². The third kappa shape index (κ3) is 3.61. The average Bonchev–Trinajstić information content (AvgIpc) is 3.09. The molecule has 2 heterocycles. The van der Waals surface area contributed by atoms with Crippen molar-refractivity contribution in [2.75, 3.05) is 10.6 Å². The Morgan fingerprint density at radius 1 is 0.926 bits per heavy atom. The Balaban J connectivity index is 1.65. The Labute approximate surface area is 162 Å². The molecular weight excluding hydrogens is 354 g/mol. The van der Waals surface area contributed by atoms with Crippen molar-refractivity contribution in [2.45, 2.75) is 27.2 Å². The molecule has 0 saturated carbocycles. The molecule has 0 unspecified atom stereocenters. The Morgan fingerprint density at radius 2 is 1.67 bits per heavy atom. The quantitative estimate of drug-likeness (QED) is 0.465. The minimum absolute atomic E-state index is 0.718. The molecule has 0 bridgehead atoms. The maximum atomic E-state index is 4.74. The van der Waals surface area contributed by atoms with Crippen LogP contribution in [0.25, 0.3) is 10.3 Å². The monoisotopic (exact) mass is 375 g/mol. The van der Waals surface area contributed by atoms with E-state index >= 15 is 0 Å². The van der Waals surface area contributed by atoms with Crippen molar-refractivity contribution in [3.8, 4) is 0 Å². The molecule has 5 nitrogen and oxygen atoms in total. The van der Waals surface area contributed by atoms with Crippen LogP contribution in [0.4, 0.5) is 22.3 Å². The van der Waals surface area contributed by atoms with E-state index in [0.717, 1.165) is 39.1 Å². The van der Waals surface area contributed by atoms with Gasteiger partial charge in [-0.05, 0) is 49.1 Å². The number of rotatable bonds is 5. The van der Waals surface area contributed by atoms with Gasteiger partial charge in [-0.25, -0.2) is 15.0 Å². The fourth-order valence-electron chi connectivity index (χ4n) is 2.98. The summed E-state index contributed by atoms with van der Waals surface area (Å²) in [5.74, 6) is 0.718. The van der Waals surface area contributed by atoms with E-state index < -0.39 is 0 Å². The van der Waals surface area contributed by atoms with E-state index in [1.54, 1.807) is 6.33 Å². The third-order valence-electron chi connectivity index (χ3n) is 4.53. The maximum absolute atomic E-state index is 4.74. The molecule has 2 N–H and O–H groups in total. The lowest BCUT2D eigenvalue weighted by molar-refractivity contribution is 1.14. The van der Waals surface area contributed by atoms with E-state index in [0.29, 0.717) is 0 Å². The summed E-state index contributed by atoms with van der Waals surface area (Å²) in [5.41, 5.74) is 6.54. The third-order valence-corrected chi connectivity index (χ3v) is 5.41. The topological polar surface area (TPSA) is 62.7 Å². The number of anilines is 4. The summed E-state index contributed by atoms with van der Waals surface area (Å²) < 4.78 is 0. The summed E-state index contributed by atoms with van der Waals surface area (Å²) in [6, 6.07) is 14.6. The number of aryl methyl sites for hydroxylation is 3. The van der Waals surface area contributed by atoms with Gasteiger partial charge in [0.1, 0.15) is 11.8 Å². The van der Waals surface area contributed by atoms with Crippen molar-refractivity contribution in [1.82, 2.24) is 15.0 Å². The highest BCUT2D eigenvalue weighted by Crippen LogP contribution is 2.32. The summed E-state index contributed by atoms with van der Waals surface area (Å²) in [7, 11) is 0. The van der Waals surface area contributed by atoms with Crippen LogP contribution in [-0.2, 0) is 6.42 Å². The summed E-state index contributed by atoms with van der Waals surface area (Å²) in [4.78, 5) is 14.4. The Morgan fingerprint density at radius 3 is 2.37 bits per heavy atom. The summed E-state index contributed by atoms with van der Waals surface area (Å²) in [5, 5.41) is 7.62. The molecule has 0 aliphatic rings. The van der Waals surface area contributed by atoms with Crippen LogP contribution < -0.4 is 10.6 Å². The number of hydrogen-bond donors (Lipinski definition) is 2. The van der Waals surface area contributed by atoms with Crippen molar-refractivity contribution in [3.05, 3.63) is 65.5 Å². The predicted molar refractivity (Wildman–Crippen MR) is 114 cm³/mol. The van der Waals surface area contributed by atoms with Gasteiger partial charge in [-0.1, -0.05) is 48.6 Å². The van der Waals surface area contributed by atoms with E-state index in [2.05, 4.69) is 83.8 Å². The molecule has 0 aliphatic carbocycles. The first kappa shape index (κ1) is 17.4. The van der Waals surface area contributed by atoms with Crippen LogP contribution in [0.2, 0.25) is 0 Å². The van der Waals surface area contributed by atoms with Crippen molar-refractivity contribution in [2.24, 2.45) is 0 Å². The fourth-order valence-corrected chi connectivity index (χ4v) is 3.79. The second kappa shape index (κ2) is 7.32. The van der Waals surface area contributed by atoms with E-state index in [4.69, 9.17) is 4.98 Å². The first-order valence-electron chi connectivity index (χ1n) is 8.95. The molecule has 4 aromatic rings. The Hall–Kier alpha value is -2.99. The molecule has 0 atom stereocenters. The second-order valence-electron chi connectivity index (χ2n) is 6.46. The van der Waals surface area contributed by atoms with Crippen LogP contribution in [0, 0.1) is 13.8 Å². The number of para-hydroxylation sites is 1. The van der Waals surface area contributed by atoms with Gasteiger partial charge in [-0.3, -0.25) is 0 Å². The highest BCUT2D eigenvalue weighted by atomic mass is 32.1. The van der Waals surface area contributed by atoms with Crippen molar-refractivity contribution in [1.29, 1.82) is 0 Å². The molecule has 2 aromatic heterocycles. The smallest absolute Gasteiger partial charge is 0.189 e. The summed E-state index contributed by atoms with van der Waals surface area (Å²) in [6.07, 6.45) is 2.60. The van der Waals surface area contributed by atoms with E-state index in [1.165, 1.54) is 28.0 Å². The van der Waals surface area contributed by atoms with Crippen molar-refractivity contribution in [3.63, 3.8) is 0 Å². The molecule has 4 rings (SSSR count). The van der Waals surface area contributed by atoms with Crippen LogP contribution in [0.5, 0.6) is 0 Å². The van der Waals surface area contributed by atoms with Gasteiger partial charge < -0.3 is 10.6 Å². The minimum Gasteiger partial charge on any atom is -0.338 e. The highest BCUT2D eigenvalue weighted by Gasteiger charge is 2.12. The molecule has 0 amide bonds. The van der Waals surface area contributed by atoms with Gasteiger partial charge in [0.05, 0.1) is 0 Å². The standard InChI is InChI=1S/C21H21N5S/c1-4-15-8-10-16(11-9-15)24-19-18-20(23-12-22-19)27-21(26-18)25-17-13(2)6-5-7-14(17)3/h5-12H,4H2,1-3H3,(H,25,26)(H,22,23,24).